The van der Waals surface area contributed by atoms with Crippen molar-refractivity contribution in [3.63, 3.8) is 0 Å². The highest BCUT2D eigenvalue weighted by Gasteiger charge is 2.22. The van der Waals surface area contributed by atoms with Gasteiger partial charge in [-0.1, -0.05) is 30.0 Å². The number of benzene rings is 1. The van der Waals surface area contributed by atoms with E-state index in [-0.39, 0.29) is 5.91 Å². The molecule has 0 radical (unpaired) electrons. The molecule has 1 aromatic carbocycles. The number of anilines is 2. The smallest absolute Gasteiger partial charge is 0.230 e. The molecule has 4 aromatic rings. The number of amides is 1. The minimum absolute atomic E-state index is 0.0453. The number of rotatable bonds is 5. The van der Waals surface area contributed by atoms with Crippen LogP contribution >= 0.6 is 34.4 Å². The van der Waals surface area contributed by atoms with Crippen LogP contribution in [0.4, 0.5) is 10.8 Å². The fourth-order valence-electron chi connectivity index (χ4n) is 3.62. The quantitative estimate of drug-likeness (QED) is 0.299. The normalized spacial score (nSPS) is 13.0. The third kappa shape index (κ3) is 3.56. The lowest BCUT2D eigenvalue weighted by molar-refractivity contribution is -0.115. The molecule has 0 saturated heterocycles. The van der Waals surface area contributed by atoms with Crippen LogP contribution in [0, 0.1) is 0 Å². The number of thiazole rings is 1. The maximum atomic E-state index is 12.2. The number of aromatic nitrogens is 3. The summed E-state index contributed by atoms with van der Waals surface area (Å²) < 4.78 is 0. The van der Waals surface area contributed by atoms with Gasteiger partial charge >= 0.3 is 0 Å². The molecule has 29 heavy (non-hydrogen) atoms. The van der Waals surface area contributed by atoms with Crippen molar-refractivity contribution in [2.75, 3.05) is 4.90 Å². The molecule has 1 aliphatic rings. The number of para-hydroxylation sites is 1. The predicted molar refractivity (Wildman–Crippen MR) is 120 cm³/mol. The molecule has 5 rings (SSSR count). The van der Waals surface area contributed by atoms with Crippen LogP contribution in [-0.2, 0) is 23.4 Å². The second-order valence-corrected chi connectivity index (χ2v) is 9.70. The Morgan fingerprint density at radius 2 is 2.07 bits per heavy atom. The number of hydrogen-bond donors (Lipinski definition) is 0. The van der Waals surface area contributed by atoms with Gasteiger partial charge in [0.05, 0.1) is 11.4 Å². The molecule has 0 spiro atoms. The van der Waals surface area contributed by atoms with Gasteiger partial charge in [0.1, 0.15) is 16.2 Å². The van der Waals surface area contributed by atoms with Crippen molar-refractivity contribution < 1.29 is 4.79 Å². The van der Waals surface area contributed by atoms with Crippen LogP contribution in [0.1, 0.15) is 29.5 Å². The number of nitrogens with zero attached hydrogens (tertiary/aromatic N) is 4. The zero-order valence-corrected chi connectivity index (χ0v) is 18.2. The molecule has 3 heterocycles. The van der Waals surface area contributed by atoms with E-state index < -0.39 is 0 Å². The highest BCUT2D eigenvalue weighted by Crippen LogP contribution is 2.41. The Labute approximate surface area is 180 Å². The average molecular weight is 439 g/mol. The Morgan fingerprint density at radius 1 is 1.21 bits per heavy atom. The lowest BCUT2D eigenvalue weighted by Crippen LogP contribution is -2.22. The topological polar surface area (TPSA) is 59.0 Å². The molecule has 5 nitrogen and oxygen atoms in total. The van der Waals surface area contributed by atoms with Crippen molar-refractivity contribution in [1.82, 2.24) is 15.0 Å². The second kappa shape index (κ2) is 7.85. The summed E-state index contributed by atoms with van der Waals surface area (Å²) in [5.74, 6) is 0.671. The number of hydrogen-bond acceptors (Lipinski definition) is 7. The van der Waals surface area contributed by atoms with Gasteiger partial charge in [0.15, 0.2) is 5.13 Å². The summed E-state index contributed by atoms with van der Waals surface area (Å²) in [4.78, 5) is 30.2. The molecule has 0 saturated carbocycles. The first-order chi connectivity index (χ1) is 14.2. The van der Waals surface area contributed by atoms with Crippen molar-refractivity contribution >= 4 is 61.4 Å². The van der Waals surface area contributed by atoms with E-state index in [4.69, 9.17) is 4.98 Å². The van der Waals surface area contributed by atoms with Gasteiger partial charge in [-0.25, -0.2) is 15.0 Å². The standard InChI is InChI=1S/C21H18N4OS3/c1-13(26)25(15-6-3-2-4-7-15)21-24-14(11-28-21)10-27-19-18-16-8-5-9-17(16)29-20(18)23-12-22-19/h2-4,6-7,11-12H,5,8-10H2,1H3. The van der Waals surface area contributed by atoms with E-state index in [9.17, 15) is 4.79 Å². The Kier molecular flexibility index (Phi) is 5.07. The number of thioether (sulfide) groups is 1. The van der Waals surface area contributed by atoms with E-state index in [0.29, 0.717) is 10.9 Å². The van der Waals surface area contributed by atoms with Crippen LogP contribution in [0.2, 0.25) is 0 Å². The summed E-state index contributed by atoms with van der Waals surface area (Å²) in [5, 5.41) is 5.00. The Bertz CT molecular complexity index is 1190. The van der Waals surface area contributed by atoms with Crippen LogP contribution in [0.5, 0.6) is 0 Å². The molecular formula is C21H18N4OS3. The van der Waals surface area contributed by atoms with E-state index in [1.165, 1.54) is 33.6 Å². The Hall–Kier alpha value is -2.29. The minimum atomic E-state index is -0.0453. The molecule has 146 valence electrons. The minimum Gasteiger partial charge on any atom is -0.274 e. The van der Waals surface area contributed by atoms with E-state index in [1.807, 2.05) is 47.0 Å². The SMILES string of the molecule is CC(=O)N(c1ccccc1)c1nc(CSc2ncnc3sc4c(c23)CCC4)cs1. The number of carbonyl (C=O) groups is 1. The third-order valence-electron chi connectivity index (χ3n) is 4.88. The van der Waals surface area contributed by atoms with E-state index >= 15 is 0 Å². The van der Waals surface area contributed by atoms with Crippen molar-refractivity contribution in [2.24, 2.45) is 0 Å². The van der Waals surface area contributed by atoms with Crippen LogP contribution in [0.15, 0.2) is 47.1 Å². The lowest BCUT2D eigenvalue weighted by atomic mass is 10.2. The summed E-state index contributed by atoms with van der Waals surface area (Å²) in [6.07, 6.45) is 5.18. The monoisotopic (exact) mass is 438 g/mol. The number of aryl methyl sites for hydroxylation is 2. The number of carbonyl (C=O) groups excluding carboxylic acids is 1. The molecule has 0 unspecified atom stereocenters. The zero-order valence-electron chi connectivity index (χ0n) is 15.8. The second-order valence-electron chi connectivity index (χ2n) is 6.82. The summed E-state index contributed by atoms with van der Waals surface area (Å²) >= 11 is 5.00. The highest BCUT2D eigenvalue weighted by atomic mass is 32.2. The molecule has 0 N–H and O–H groups in total. The lowest BCUT2D eigenvalue weighted by Gasteiger charge is -2.17. The fraction of sp³-hybridized carbons (Fsp3) is 0.238. The highest BCUT2D eigenvalue weighted by molar-refractivity contribution is 7.98. The van der Waals surface area contributed by atoms with Gasteiger partial charge in [-0.2, -0.15) is 0 Å². The molecule has 1 amide bonds. The van der Waals surface area contributed by atoms with Crippen molar-refractivity contribution in [3.8, 4) is 0 Å². The molecule has 0 aliphatic heterocycles. The molecule has 8 heteroatoms. The summed E-state index contributed by atoms with van der Waals surface area (Å²) in [6.45, 7) is 1.57. The first-order valence-electron chi connectivity index (χ1n) is 9.39. The number of fused-ring (bicyclic) bond motifs is 3. The van der Waals surface area contributed by atoms with Crippen LogP contribution in [0.3, 0.4) is 0 Å². The third-order valence-corrected chi connectivity index (χ3v) is 7.98. The molecule has 0 fully saturated rings. The van der Waals surface area contributed by atoms with Gasteiger partial charge in [-0.3, -0.25) is 9.69 Å². The number of thiophene rings is 1. The van der Waals surface area contributed by atoms with Crippen molar-refractivity contribution in [2.45, 2.75) is 37.0 Å². The van der Waals surface area contributed by atoms with Gasteiger partial charge in [0.25, 0.3) is 0 Å². The van der Waals surface area contributed by atoms with Gasteiger partial charge < -0.3 is 0 Å². The molecule has 0 atom stereocenters. The van der Waals surface area contributed by atoms with Gasteiger partial charge in [0.2, 0.25) is 5.91 Å². The Morgan fingerprint density at radius 3 is 2.90 bits per heavy atom. The van der Waals surface area contributed by atoms with Gasteiger partial charge in [-0.15, -0.1) is 22.7 Å². The summed E-state index contributed by atoms with van der Waals surface area (Å²) in [7, 11) is 0. The first-order valence-corrected chi connectivity index (χ1v) is 12.1. The molecular weight excluding hydrogens is 420 g/mol. The van der Waals surface area contributed by atoms with Crippen molar-refractivity contribution in [1.29, 1.82) is 0 Å². The summed E-state index contributed by atoms with van der Waals surface area (Å²) in [6, 6.07) is 9.64. The van der Waals surface area contributed by atoms with E-state index in [0.717, 1.165) is 34.1 Å². The van der Waals surface area contributed by atoms with Gasteiger partial charge in [0, 0.05) is 28.3 Å². The van der Waals surface area contributed by atoms with Crippen LogP contribution in [0.25, 0.3) is 10.2 Å². The fourth-order valence-corrected chi connectivity index (χ4v) is 6.82. The largest absolute Gasteiger partial charge is 0.274 e. The van der Waals surface area contributed by atoms with Crippen molar-refractivity contribution in [3.05, 3.63) is 58.2 Å². The zero-order chi connectivity index (χ0) is 19.8. The van der Waals surface area contributed by atoms with Gasteiger partial charge in [-0.05, 0) is 37.0 Å². The Balaban J connectivity index is 1.39. The molecule has 0 bridgehead atoms. The van der Waals surface area contributed by atoms with Crippen LogP contribution < -0.4 is 4.90 Å². The maximum Gasteiger partial charge on any atom is 0.230 e. The average Bonchev–Trinajstić information content (AvgIpc) is 3.43. The predicted octanol–water partition coefficient (Wildman–Crippen LogP) is 5.61. The van der Waals surface area contributed by atoms with E-state index in [2.05, 4.69) is 9.97 Å². The first kappa shape index (κ1) is 18.7. The maximum absolute atomic E-state index is 12.2. The van der Waals surface area contributed by atoms with Crippen LogP contribution in [-0.4, -0.2) is 20.9 Å². The summed E-state index contributed by atoms with van der Waals surface area (Å²) in [5.41, 5.74) is 3.23. The van der Waals surface area contributed by atoms with E-state index in [1.54, 1.807) is 29.9 Å². The molecule has 1 aliphatic carbocycles. The molecule has 3 aromatic heterocycles.